The smallest absolute Gasteiger partial charge is 0.191 e. The molecule has 0 bridgehead atoms. The van der Waals surface area contributed by atoms with Gasteiger partial charge in [-0.25, -0.2) is 9.38 Å². The second kappa shape index (κ2) is 12.2. The van der Waals surface area contributed by atoms with E-state index in [2.05, 4.69) is 34.4 Å². The molecule has 1 aromatic rings. The van der Waals surface area contributed by atoms with Gasteiger partial charge in [0, 0.05) is 18.6 Å². The molecule has 1 aromatic carbocycles. The summed E-state index contributed by atoms with van der Waals surface area (Å²) in [5.41, 5.74) is 1.92. The predicted octanol–water partition coefficient (Wildman–Crippen LogP) is 3.76. The number of rotatable bonds is 6. The minimum Gasteiger partial charge on any atom is -0.357 e. The Morgan fingerprint density at radius 3 is 2.43 bits per heavy atom. The molecule has 0 aromatic heterocycles. The molecule has 2 fully saturated rings. The van der Waals surface area contributed by atoms with Crippen molar-refractivity contribution < 1.29 is 4.39 Å². The average Bonchev–Trinajstić information content (AvgIpc) is 2.74. The van der Waals surface area contributed by atoms with Crippen molar-refractivity contribution in [3.05, 3.63) is 35.1 Å². The van der Waals surface area contributed by atoms with Crippen molar-refractivity contribution in [2.75, 3.05) is 46.3 Å². The van der Waals surface area contributed by atoms with Crippen LogP contribution >= 0.6 is 24.0 Å². The first-order chi connectivity index (χ1) is 14.0. The molecule has 2 aliphatic heterocycles. The average molecular weight is 532 g/mol. The number of aliphatic imine (C=N–C) groups is 1. The maximum absolute atomic E-state index is 13.5. The van der Waals surface area contributed by atoms with E-state index in [1.807, 2.05) is 12.1 Å². The highest BCUT2D eigenvalue weighted by molar-refractivity contribution is 14.0. The van der Waals surface area contributed by atoms with Crippen LogP contribution in [0.1, 0.15) is 50.2 Å². The van der Waals surface area contributed by atoms with E-state index in [1.54, 1.807) is 6.92 Å². The minimum atomic E-state index is -0.159. The molecule has 2 aliphatic rings. The van der Waals surface area contributed by atoms with Crippen LogP contribution in [-0.4, -0.2) is 67.6 Å². The van der Waals surface area contributed by atoms with E-state index in [-0.39, 0.29) is 35.3 Å². The van der Waals surface area contributed by atoms with Crippen molar-refractivity contribution in [3.63, 3.8) is 0 Å². The zero-order chi connectivity index (χ0) is 20.7. The lowest BCUT2D eigenvalue weighted by Crippen LogP contribution is -2.62. The van der Waals surface area contributed by atoms with Crippen molar-refractivity contribution in [2.24, 2.45) is 4.99 Å². The van der Waals surface area contributed by atoms with E-state index >= 15 is 0 Å². The summed E-state index contributed by atoms with van der Waals surface area (Å²) in [6, 6.07) is 5.24. The van der Waals surface area contributed by atoms with Gasteiger partial charge in [0.05, 0.1) is 6.54 Å². The van der Waals surface area contributed by atoms with Gasteiger partial charge in [0.1, 0.15) is 5.82 Å². The molecule has 0 atom stereocenters. The van der Waals surface area contributed by atoms with Gasteiger partial charge in [-0.1, -0.05) is 18.6 Å². The Morgan fingerprint density at radius 1 is 1.10 bits per heavy atom. The number of likely N-dealkylation sites (tertiary alicyclic amines) is 2. The lowest BCUT2D eigenvalue weighted by atomic mass is 9.84. The van der Waals surface area contributed by atoms with Gasteiger partial charge < -0.3 is 15.5 Å². The number of hydrogen-bond acceptors (Lipinski definition) is 3. The summed E-state index contributed by atoms with van der Waals surface area (Å²) in [5, 5.41) is 7.03. The molecule has 0 unspecified atom stereocenters. The van der Waals surface area contributed by atoms with E-state index in [9.17, 15) is 4.39 Å². The fraction of sp³-hybridized carbons (Fsp3) is 0.696. The Labute approximate surface area is 198 Å². The highest BCUT2D eigenvalue weighted by Gasteiger charge is 2.39. The van der Waals surface area contributed by atoms with Gasteiger partial charge in [-0.2, -0.15) is 0 Å². The Bertz CT molecular complexity index is 682. The van der Waals surface area contributed by atoms with Gasteiger partial charge in [0.25, 0.3) is 0 Å². The van der Waals surface area contributed by atoms with Crippen LogP contribution in [-0.2, 0) is 6.54 Å². The zero-order valence-electron chi connectivity index (χ0n) is 18.8. The lowest BCUT2D eigenvalue weighted by molar-refractivity contribution is 0.0173. The summed E-state index contributed by atoms with van der Waals surface area (Å²) in [5.74, 6) is 0.693. The molecule has 0 radical (unpaired) electrons. The van der Waals surface area contributed by atoms with Crippen LogP contribution < -0.4 is 10.6 Å². The van der Waals surface area contributed by atoms with Crippen LogP contribution in [0.4, 0.5) is 4.39 Å². The quantitative estimate of drug-likeness (QED) is 0.334. The summed E-state index contributed by atoms with van der Waals surface area (Å²) in [7, 11) is 2.23. The van der Waals surface area contributed by atoms with Gasteiger partial charge in [-0.15, -0.1) is 24.0 Å². The normalized spacial score (nSPS) is 20.5. The minimum absolute atomic E-state index is 0. The third-order valence-corrected chi connectivity index (χ3v) is 6.52. The Kier molecular flexibility index (Phi) is 10.3. The number of hydrogen-bond donors (Lipinski definition) is 2. The molecule has 0 spiro atoms. The Morgan fingerprint density at radius 2 is 1.80 bits per heavy atom. The third-order valence-electron chi connectivity index (χ3n) is 6.52. The first-order valence-corrected chi connectivity index (χ1v) is 11.2. The van der Waals surface area contributed by atoms with Crippen LogP contribution in [0, 0.1) is 12.7 Å². The van der Waals surface area contributed by atoms with Crippen LogP contribution in [0.3, 0.4) is 0 Å². The first-order valence-electron chi connectivity index (χ1n) is 11.2. The van der Waals surface area contributed by atoms with Gasteiger partial charge >= 0.3 is 0 Å². The predicted molar refractivity (Wildman–Crippen MR) is 134 cm³/mol. The number of nitrogens with zero attached hydrogens (tertiary/aromatic N) is 3. The van der Waals surface area contributed by atoms with Crippen molar-refractivity contribution in [1.29, 1.82) is 0 Å². The van der Waals surface area contributed by atoms with E-state index in [0.717, 1.165) is 37.7 Å². The monoisotopic (exact) mass is 531 g/mol. The van der Waals surface area contributed by atoms with Crippen LogP contribution in [0.5, 0.6) is 0 Å². The summed E-state index contributed by atoms with van der Waals surface area (Å²) in [6.45, 7) is 10.9. The molecule has 2 saturated heterocycles. The second-order valence-corrected chi connectivity index (χ2v) is 8.71. The van der Waals surface area contributed by atoms with E-state index in [1.165, 1.54) is 51.3 Å². The zero-order valence-corrected chi connectivity index (χ0v) is 21.2. The molecule has 3 rings (SSSR count). The molecular formula is C23H39FIN5. The SMILES string of the molecule is CCNC(=NCc1ccc(F)c(C)c1)NCC1(N2CCCCC2)CCN(C)CC1.I. The molecule has 2 heterocycles. The van der Waals surface area contributed by atoms with E-state index in [0.29, 0.717) is 12.1 Å². The highest BCUT2D eigenvalue weighted by atomic mass is 127. The second-order valence-electron chi connectivity index (χ2n) is 8.71. The summed E-state index contributed by atoms with van der Waals surface area (Å²) < 4.78 is 13.5. The summed E-state index contributed by atoms with van der Waals surface area (Å²) in [4.78, 5) is 9.96. The lowest BCUT2D eigenvalue weighted by Gasteiger charge is -2.50. The van der Waals surface area contributed by atoms with Gasteiger partial charge in [-0.3, -0.25) is 4.90 Å². The van der Waals surface area contributed by atoms with Crippen molar-refractivity contribution in [2.45, 2.75) is 58.0 Å². The largest absolute Gasteiger partial charge is 0.357 e. The van der Waals surface area contributed by atoms with E-state index < -0.39 is 0 Å². The number of benzene rings is 1. The molecule has 0 amide bonds. The molecular weight excluding hydrogens is 492 g/mol. The number of guanidine groups is 1. The first kappa shape index (κ1) is 25.3. The number of halogens is 2. The molecule has 0 saturated carbocycles. The Hall–Kier alpha value is -0.930. The number of aryl methyl sites for hydroxylation is 1. The molecule has 0 aliphatic carbocycles. The van der Waals surface area contributed by atoms with E-state index in [4.69, 9.17) is 4.99 Å². The van der Waals surface area contributed by atoms with Crippen LogP contribution in [0.2, 0.25) is 0 Å². The topological polar surface area (TPSA) is 42.9 Å². The standard InChI is InChI=1S/C23H38FN5.HI/c1-4-25-22(26-17-20-8-9-21(24)19(2)16-20)27-18-23(10-14-28(3)15-11-23)29-12-6-5-7-13-29;/h8-9,16H,4-7,10-15,17-18H2,1-3H3,(H2,25,26,27);1H. The summed E-state index contributed by atoms with van der Waals surface area (Å²) in [6.07, 6.45) is 6.40. The van der Waals surface area contributed by atoms with Crippen LogP contribution in [0.25, 0.3) is 0 Å². The molecule has 2 N–H and O–H groups in total. The number of piperidine rings is 2. The fourth-order valence-corrected chi connectivity index (χ4v) is 4.57. The van der Waals surface area contributed by atoms with Gasteiger partial charge in [-0.05, 0) is 90.0 Å². The summed E-state index contributed by atoms with van der Waals surface area (Å²) >= 11 is 0. The van der Waals surface area contributed by atoms with Crippen molar-refractivity contribution in [3.8, 4) is 0 Å². The van der Waals surface area contributed by atoms with Crippen LogP contribution in [0.15, 0.2) is 23.2 Å². The third kappa shape index (κ3) is 6.79. The Balaban J connectivity index is 0.00000320. The van der Waals surface area contributed by atoms with Gasteiger partial charge in [0.15, 0.2) is 5.96 Å². The molecule has 7 heteroatoms. The fourth-order valence-electron chi connectivity index (χ4n) is 4.57. The van der Waals surface area contributed by atoms with Crippen molar-refractivity contribution in [1.82, 2.24) is 20.4 Å². The maximum atomic E-state index is 13.5. The van der Waals surface area contributed by atoms with Crippen molar-refractivity contribution >= 4 is 29.9 Å². The van der Waals surface area contributed by atoms with Gasteiger partial charge in [0.2, 0.25) is 0 Å². The highest BCUT2D eigenvalue weighted by Crippen LogP contribution is 2.30. The molecule has 5 nitrogen and oxygen atoms in total. The maximum Gasteiger partial charge on any atom is 0.191 e. The molecule has 170 valence electrons. The number of nitrogens with one attached hydrogen (secondary N) is 2. The molecule has 30 heavy (non-hydrogen) atoms.